The van der Waals surface area contributed by atoms with Crippen LogP contribution < -0.4 is 0 Å². The Labute approximate surface area is 293 Å². The van der Waals surface area contributed by atoms with Crippen LogP contribution in [0.25, 0.3) is 66.1 Å². The normalized spacial score (nSPS) is 21.8. The summed E-state index contributed by atoms with van der Waals surface area (Å²) in [7, 11) is 0. The van der Waals surface area contributed by atoms with Gasteiger partial charge < -0.3 is 0 Å². The Kier molecular flexibility index (Phi) is 7.36. The van der Waals surface area contributed by atoms with E-state index in [0.717, 1.165) is 51.1 Å². The minimum absolute atomic E-state index is 0.390. The zero-order valence-electron chi connectivity index (χ0n) is 27.8. The second-order valence-electron chi connectivity index (χ2n) is 14.6. The molecule has 0 N–H and O–H groups in total. The highest BCUT2D eigenvalue weighted by molar-refractivity contribution is 5.74. The lowest BCUT2D eigenvalue weighted by atomic mass is 9.48. The van der Waals surface area contributed by atoms with E-state index >= 15 is 0 Å². The number of hydrogen-bond donors (Lipinski definition) is 0. The van der Waals surface area contributed by atoms with Crippen molar-refractivity contribution in [3.8, 4) is 56.4 Å². The third kappa shape index (κ3) is 5.56. The smallest absolute Gasteiger partial charge is 0.187 e. The van der Waals surface area contributed by atoms with Gasteiger partial charge >= 0.3 is 0 Å². The van der Waals surface area contributed by atoms with Crippen LogP contribution in [-0.4, -0.2) is 15.0 Å². The average molecular weight is 646 g/mol. The Bertz CT molecular complexity index is 2260. The number of nitrogens with zero attached hydrogens (tertiary/aromatic N) is 5. The highest BCUT2D eigenvalue weighted by Gasteiger charge is 2.51. The van der Waals surface area contributed by atoms with Crippen molar-refractivity contribution in [3.05, 3.63) is 150 Å². The van der Waals surface area contributed by atoms with Crippen LogP contribution in [0.4, 0.5) is 11.4 Å². The summed E-state index contributed by atoms with van der Waals surface area (Å²) in [6.45, 7) is 14.6. The molecule has 5 aromatic carbocycles. The second kappa shape index (κ2) is 12.2. The van der Waals surface area contributed by atoms with Crippen LogP contribution in [0.15, 0.2) is 121 Å². The molecular formula is C45H35N5. The van der Waals surface area contributed by atoms with Gasteiger partial charge in [0.2, 0.25) is 0 Å². The predicted octanol–water partition coefficient (Wildman–Crippen LogP) is 11.8. The van der Waals surface area contributed by atoms with Crippen molar-refractivity contribution < 1.29 is 0 Å². The van der Waals surface area contributed by atoms with Crippen LogP contribution in [0.5, 0.6) is 0 Å². The molecule has 10 rings (SSSR count). The van der Waals surface area contributed by atoms with Crippen LogP contribution in [0, 0.1) is 30.9 Å². The lowest BCUT2D eigenvalue weighted by molar-refractivity contribution is -0.00518. The molecule has 4 fully saturated rings. The van der Waals surface area contributed by atoms with Crippen molar-refractivity contribution >= 4 is 11.4 Å². The number of aromatic nitrogens is 3. The first-order valence-corrected chi connectivity index (χ1v) is 17.6. The third-order valence-corrected chi connectivity index (χ3v) is 11.4. The molecule has 0 radical (unpaired) electrons. The van der Waals surface area contributed by atoms with E-state index in [9.17, 15) is 0 Å². The van der Waals surface area contributed by atoms with Gasteiger partial charge in [-0.05, 0) is 95.6 Å². The summed E-state index contributed by atoms with van der Waals surface area (Å²) in [5.74, 6) is 4.54. The quantitative estimate of drug-likeness (QED) is 0.169. The van der Waals surface area contributed by atoms with Gasteiger partial charge in [0.1, 0.15) is 0 Å². The Balaban J connectivity index is 1.06. The number of hydrogen-bond acceptors (Lipinski definition) is 3. The molecule has 4 saturated carbocycles. The molecule has 0 amide bonds. The topological polar surface area (TPSA) is 47.4 Å². The van der Waals surface area contributed by atoms with Crippen LogP contribution in [0.1, 0.15) is 44.1 Å². The Hall–Kier alpha value is -5.91. The van der Waals surface area contributed by atoms with Crippen molar-refractivity contribution in [2.45, 2.75) is 43.9 Å². The largest absolute Gasteiger partial charge is 0.238 e. The number of rotatable bonds is 6. The molecule has 0 spiro atoms. The van der Waals surface area contributed by atoms with Crippen LogP contribution >= 0.6 is 0 Å². The Morgan fingerprint density at radius 2 is 0.820 bits per heavy atom. The first kappa shape index (κ1) is 30.2. The minimum atomic E-state index is 0.390. The molecule has 5 nitrogen and oxygen atoms in total. The van der Waals surface area contributed by atoms with Gasteiger partial charge in [0.05, 0.1) is 13.1 Å². The molecule has 5 heteroatoms. The maximum atomic E-state index is 7.38. The summed E-state index contributed by atoms with van der Waals surface area (Å²) in [4.78, 5) is 21.9. The molecule has 0 atom stereocenters. The summed E-state index contributed by atoms with van der Waals surface area (Å²) in [6.07, 6.45) is 8.50. The standard InChI is InChI=1S/C45H35N5/c1-46-40-18-12-33(13-19-40)32-6-8-35(9-7-32)42-48-43(36-14-20-41(47-2)21-15-36)50-44(49-42)38-5-3-4-37(25-38)34-10-16-39(17-11-34)45-26-29-22-30(27-45)24-31(23-29)28-45/h3-21,25,29-31H,22-24,26-28H2. The van der Waals surface area contributed by atoms with Gasteiger partial charge in [-0.1, -0.05) is 115 Å². The van der Waals surface area contributed by atoms with E-state index < -0.39 is 0 Å². The molecule has 0 unspecified atom stereocenters. The van der Waals surface area contributed by atoms with Crippen molar-refractivity contribution in [3.63, 3.8) is 0 Å². The van der Waals surface area contributed by atoms with Crippen LogP contribution in [0.3, 0.4) is 0 Å². The molecule has 240 valence electrons. The molecule has 0 saturated heterocycles. The zero-order valence-corrected chi connectivity index (χ0v) is 27.8. The minimum Gasteiger partial charge on any atom is -0.238 e. The van der Waals surface area contributed by atoms with Crippen LogP contribution in [0.2, 0.25) is 0 Å². The van der Waals surface area contributed by atoms with E-state index in [2.05, 4.69) is 70.4 Å². The summed E-state index contributed by atoms with van der Waals surface area (Å²) >= 11 is 0. The monoisotopic (exact) mass is 645 g/mol. The zero-order chi connectivity index (χ0) is 33.7. The fourth-order valence-electron chi connectivity index (χ4n) is 9.31. The first-order chi connectivity index (χ1) is 24.5. The van der Waals surface area contributed by atoms with E-state index in [1.165, 1.54) is 44.1 Å². The highest BCUT2D eigenvalue weighted by Crippen LogP contribution is 2.60. The molecule has 1 heterocycles. The number of benzene rings is 5. The summed E-state index contributed by atoms with van der Waals surface area (Å²) in [5, 5.41) is 0. The fraction of sp³-hybridized carbons (Fsp3) is 0.222. The Morgan fingerprint density at radius 1 is 0.440 bits per heavy atom. The summed E-state index contributed by atoms with van der Waals surface area (Å²) < 4.78 is 0. The van der Waals surface area contributed by atoms with Crippen molar-refractivity contribution in [1.29, 1.82) is 0 Å². The molecule has 4 aliphatic carbocycles. The van der Waals surface area contributed by atoms with Crippen molar-refractivity contribution in [1.82, 2.24) is 15.0 Å². The maximum absolute atomic E-state index is 7.38. The summed E-state index contributed by atoms with van der Waals surface area (Å²) in [6, 6.07) is 41.1. The molecule has 0 aliphatic heterocycles. The van der Waals surface area contributed by atoms with Gasteiger partial charge in [-0.2, -0.15) is 0 Å². The predicted molar refractivity (Wildman–Crippen MR) is 199 cm³/mol. The van der Waals surface area contributed by atoms with Gasteiger partial charge in [0.15, 0.2) is 28.8 Å². The molecule has 6 aromatic rings. The average Bonchev–Trinajstić information content (AvgIpc) is 3.17. The van der Waals surface area contributed by atoms with Gasteiger partial charge in [-0.15, -0.1) is 0 Å². The highest BCUT2D eigenvalue weighted by atomic mass is 15.0. The lowest BCUT2D eigenvalue weighted by Gasteiger charge is -2.57. The van der Waals surface area contributed by atoms with Gasteiger partial charge in [-0.3, -0.25) is 0 Å². The molecule has 4 aliphatic rings. The van der Waals surface area contributed by atoms with E-state index in [1.807, 2.05) is 48.5 Å². The van der Waals surface area contributed by atoms with Crippen molar-refractivity contribution in [2.75, 3.05) is 0 Å². The lowest BCUT2D eigenvalue weighted by Crippen LogP contribution is -2.48. The van der Waals surface area contributed by atoms with Gasteiger partial charge in [0, 0.05) is 16.7 Å². The maximum Gasteiger partial charge on any atom is 0.187 e. The van der Waals surface area contributed by atoms with Crippen molar-refractivity contribution in [2.24, 2.45) is 17.8 Å². The van der Waals surface area contributed by atoms with Gasteiger partial charge in [-0.25, -0.2) is 24.6 Å². The van der Waals surface area contributed by atoms with Crippen LogP contribution in [-0.2, 0) is 5.41 Å². The third-order valence-electron chi connectivity index (χ3n) is 11.4. The van der Waals surface area contributed by atoms with E-state index in [0.29, 0.717) is 34.3 Å². The fourth-order valence-corrected chi connectivity index (χ4v) is 9.31. The van der Waals surface area contributed by atoms with E-state index in [-0.39, 0.29) is 0 Å². The molecule has 50 heavy (non-hydrogen) atoms. The molecular weight excluding hydrogens is 611 g/mol. The van der Waals surface area contributed by atoms with E-state index in [4.69, 9.17) is 28.1 Å². The SMILES string of the molecule is [C-]#[N+]c1ccc(-c2ccc(-c3nc(-c4ccc([N+]#[C-])cc4)nc(-c4cccc(-c5ccc(C67CC8CC(CC(C8)C6)C7)cc5)c4)n3)cc2)cc1. The Morgan fingerprint density at radius 3 is 1.32 bits per heavy atom. The summed E-state index contributed by atoms with van der Waals surface area (Å²) in [5.41, 5.74) is 10.2. The molecule has 1 aromatic heterocycles. The second-order valence-corrected chi connectivity index (χ2v) is 14.6. The molecule has 4 bridgehead atoms. The first-order valence-electron chi connectivity index (χ1n) is 17.6. The van der Waals surface area contributed by atoms with E-state index in [1.54, 1.807) is 17.7 Å². The van der Waals surface area contributed by atoms with Gasteiger partial charge in [0.25, 0.3) is 0 Å².